The summed E-state index contributed by atoms with van der Waals surface area (Å²) in [6, 6.07) is 23.3. The average molecular weight is 531 g/mol. The van der Waals surface area contributed by atoms with Gasteiger partial charge in [0.1, 0.15) is 5.75 Å². The molecule has 39 heavy (non-hydrogen) atoms. The first kappa shape index (κ1) is 27.1. The second-order valence-corrected chi connectivity index (χ2v) is 9.79. The summed E-state index contributed by atoms with van der Waals surface area (Å²) < 4.78 is 22.6. The van der Waals surface area contributed by atoms with E-state index in [0.29, 0.717) is 19.8 Å². The molecule has 0 unspecified atom stereocenters. The van der Waals surface area contributed by atoms with Crippen molar-refractivity contribution in [3.8, 4) is 5.75 Å². The molecule has 1 fully saturated rings. The Balaban J connectivity index is 1.19. The van der Waals surface area contributed by atoms with Crippen molar-refractivity contribution < 1.29 is 18.9 Å². The summed E-state index contributed by atoms with van der Waals surface area (Å²) >= 11 is 0. The van der Waals surface area contributed by atoms with Gasteiger partial charge in [0.15, 0.2) is 0 Å². The average Bonchev–Trinajstić information content (AvgIpc) is 3.45. The Morgan fingerprint density at radius 3 is 2.54 bits per heavy atom. The number of benzene rings is 3. The molecular formula is C31H38N4O4. The minimum Gasteiger partial charge on any atom is -0.497 e. The van der Waals surface area contributed by atoms with Crippen LogP contribution in [0.2, 0.25) is 0 Å². The number of aromatic amines is 1. The summed E-state index contributed by atoms with van der Waals surface area (Å²) in [5.41, 5.74) is 5.73. The largest absolute Gasteiger partial charge is 0.497 e. The van der Waals surface area contributed by atoms with Crippen LogP contribution in [0.5, 0.6) is 5.75 Å². The summed E-state index contributed by atoms with van der Waals surface area (Å²) in [6.07, 6.45) is 1.85. The number of nitrogens with zero attached hydrogens (tertiary/aromatic N) is 3. The number of morpholine rings is 1. The maximum absolute atomic E-state index is 5.95. The Morgan fingerprint density at radius 2 is 1.67 bits per heavy atom. The second-order valence-electron chi connectivity index (χ2n) is 9.79. The number of hydrogen-bond donors (Lipinski definition) is 1. The first-order chi connectivity index (χ1) is 19.3. The van der Waals surface area contributed by atoms with Gasteiger partial charge < -0.3 is 23.8 Å². The summed E-state index contributed by atoms with van der Waals surface area (Å²) in [6.45, 7) is 8.51. The molecule has 8 nitrogen and oxygen atoms in total. The highest BCUT2D eigenvalue weighted by Crippen LogP contribution is 2.24. The van der Waals surface area contributed by atoms with E-state index in [1.165, 1.54) is 11.1 Å². The fourth-order valence-corrected chi connectivity index (χ4v) is 4.80. The maximum Gasteiger partial charge on any atom is 0.119 e. The van der Waals surface area contributed by atoms with Crippen molar-refractivity contribution in [2.45, 2.75) is 19.7 Å². The highest BCUT2D eigenvalue weighted by atomic mass is 16.5. The molecule has 2 heterocycles. The Kier molecular flexibility index (Phi) is 9.81. The lowest BCUT2D eigenvalue weighted by molar-refractivity contribution is 0.00585. The van der Waals surface area contributed by atoms with Gasteiger partial charge in [-0.1, -0.05) is 36.4 Å². The molecule has 0 radical (unpaired) electrons. The van der Waals surface area contributed by atoms with E-state index >= 15 is 0 Å². The molecule has 0 amide bonds. The van der Waals surface area contributed by atoms with Gasteiger partial charge in [0.05, 0.1) is 58.5 Å². The zero-order chi connectivity index (χ0) is 26.7. The Hall–Kier alpha value is -3.43. The molecule has 1 aliphatic heterocycles. The van der Waals surface area contributed by atoms with E-state index in [-0.39, 0.29) is 0 Å². The third-order valence-electron chi connectivity index (χ3n) is 6.96. The minimum absolute atomic E-state index is 0.549. The standard InChI is InChI=1S/C31H38N4O4/c1-36-30-7-3-4-25(19-30)22-35(23-26-8-9-28-21-32-33-31(28)20-26)29-6-2-5-27(18-29)24-39-17-16-38-15-12-34-10-13-37-14-11-34/h2-9,18-21H,10-17,22-24H2,1H3,(H,32,33). The van der Waals surface area contributed by atoms with Crippen molar-refractivity contribution in [3.63, 3.8) is 0 Å². The number of anilines is 1. The van der Waals surface area contributed by atoms with E-state index in [4.69, 9.17) is 18.9 Å². The van der Waals surface area contributed by atoms with Gasteiger partial charge in [-0.25, -0.2) is 0 Å². The van der Waals surface area contributed by atoms with Crippen LogP contribution >= 0.6 is 0 Å². The van der Waals surface area contributed by atoms with E-state index in [1.54, 1.807) is 7.11 Å². The number of fused-ring (bicyclic) bond motifs is 1. The van der Waals surface area contributed by atoms with E-state index in [0.717, 1.165) is 80.4 Å². The second kappa shape index (κ2) is 14.1. The molecule has 0 saturated carbocycles. The molecule has 0 bridgehead atoms. The van der Waals surface area contributed by atoms with Crippen LogP contribution in [0.1, 0.15) is 16.7 Å². The van der Waals surface area contributed by atoms with Gasteiger partial charge in [-0.3, -0.25) is 10.00 Å². The Bertz CT molecular complexity index is 1300. The van der Waals surface area contributed by atoms with Crippen LogP contribution in [0, 0.1) is 0 Å². The predicted octanol–water partition coefficient (Wildman–Crippen LogP) is 4.64. The van der Waals surface area contributed by atoms with E-state index < -0.39 is 0 Å². The quantitative estimate of drug-likeness (QED) is 0.238. The molecule has 206 valence electrons. The van der Waals surface area contributed by atoms with Gasteiger partial charge >= 0.3 is 0 Å². The van der Waals surface area contributed by atoms with Crippen LogP contribution in [-0.4, -0.2) is 74.9 Å². The molecule has 1 aromatic heterocycles. The van der Waals surface area contributed by atoms with Gasteiger partial charge in [0.2, 0.25) is 0 Å². The van der Waals surface area contributed by atoms with Crippen molar-refractivity contribution in [3.05, 3.63) is 89.6 Å². The topological polar surface area (TPSA) is 72.1 Å². The first-order valence-corrected chi connectivity index (χ1v) is 13.6. The van der Waals surface area contributed by atoms with Gasteiger partial charge in [0.25, 0.3) is 0 Å². The summed E-state index contributed by atoms with van der Waals surface area (Å²) in [5.74, 6) is 0.862. The first-order valence-electron chi connectivity index (χ1n) is 13.6. The summed E-state index contributed by atoms with van der Waals surface area (Å²) in [5, 5.41) is 8.37. The lowest BCUT2D eigenvalue weighted by atomic mass is 10.1. The number of hydrogen-bond acceptors (Lipinski definition) is 7. The van der Waals surface area contributed by atoms with Crippen molar-refractivity contribution >= 4 is 16.6 Å². The molecule has 5 rings (SSSR count). The molecule has 1 N–H and O–H groups in total. The molecule has 1 aliphatic rings. The van der Waals surface area contributed by atoms with Gasteiger partial charge in [-0.05, 0) is 47.0 Å². The third kappa shape index (κ3) is 8.03. The zero-order valence-corrected chi connectivity index (χ0v) is 22.7. The van der Waals surface area contributed by atoms with Gasteiger partial charge in [-0.15, -0.1) is 0 Å². The van der Waals surface area contributed by atoms with E-state index in [1.807, 2.05) is 18.3 Å². The molecule has 0 spiro atoms. The zero-order valence-electron chi connectivity index (χ0n) is 22.7. The minimum atomic E-state index is 0.549. The van der Waals surface area contributed by atoms with Crippen LogP contribution in [0.25, 0.3) is 10.9 Å². The van der Waals surface area contributed by atoms with Crippen LogP contribution in [0.15, 0.2) is 72.9 Å². The van der Waals surface area contributed by atoms with Crippen molar-refractivity contribution in [1.82, 2.24) is 15.1 Å². The lowest BCUT2D eigenvalue weighted by Gasteiger charge is -2.26. The maximum atomic E-state index is 5.95. The number of ether oxygens (including phenoxy) is 4. The number of H-pyrrole nitrogens is 1. The van der Waals surface area contributed by atoms with Crippen LogP contribution in [0.4, 0.5) is 5.69 Å². The van der Waals surface area contributed by atoms with Crippen molar-refractivity contribution in [1.29, 1.82) is 0 Å². The fraction of sp³-hybridized carbons (Fsp3) is 0.387. The number of aromatic nitrogens is 2. The SMILES string of the molecule is COc1cccc(CN(Cc2ccc3cn[nH]c3c2)c2cccc(COCCOCCN3CCOCC3)c2)c1. The van der Waals surface area contributed by atoms with Gasteiger partial charge in [0, 0.05) is 43.8 Å². The normalized spacial score (nSPS) is 14.1. The van der Waals surface area contributed by atoms with Crippen LogP contribution in [0.3, 0.4) is 0 Å². The van der Waals surface area contributed by atoms with E-state index in [2.05, 4.69) is 74.6 Å². The predicted molar refractivity (Wildman–Crippen MR) is 153 cm³/mol. The van der Waals surface area contributed by atoms with Crippen molar-refractivity contribution in [2.24, 2.45) is 0 Å². The number of rotatable bonds is 14. The Labute approximate surface area is 230 Å². The van der Waals surface area contributed by atoms with Gasteiger partial charge in [-0.2, -0.15) is 5.10 Å². The third-order valence-corrected chi connectivity index (χ3v) is 6.96. The lowest BCUT2D eigenvalue weighted by Crippen LogP contribution is -2.38. The highest BCUT2D eigenvalue weighted by molar-refractivity contribution is 5.78. The highest BCUT2D eigenvalue weighted by Gasteiger charge is 2.12. The van der Waals surface area contributed by atoms with Crippen LogP contribution in [-0.2, 0) is 33.9 Å². The molecule has 3 aromatic carbocycles. The van der Waals surface area contributed by atoms with E-state index in [9.17, 15) is 0 Å². The number of nitrogens with one attached hydrogen (secondary N) is 1. The Morgan fingerprint density at radius 1 is 0.872 bits per heavy atom. The fourth-order valence-electron chi connectivity index (χ4n) is 4.80. The molecule has 1 saturated heterocycles. The molecule has 8 heteroatoms. The smallest absolute Gasteiger partial charge is 0.119 e. The molecular weight excluding hydrogens is 492 g/mol. The number of methoxy groups -OCH3 is 1. The van der Waals surface area contributed by atoms with Crippen molar-refractivity contribution in [2.75, 3.05) is 64.7 Å². The molecule has 0 aliphatic carbocycles. The van der Waals surface area contributed by atoms with Crippen LogP contribution < -0.4 is 9.64 Å². The molecule has 0 atom stereocenters. The monoisotopic (exact) mass is 530 g/mol. The summed E-state index contributed by atoms with van der Waals surface area (Å²) in [4.78, 5) is 4.75. The summed E-state index contributed by atoms with van der Waals surface area (Å²) in [7, 11) is 1.70. The molecule has 4 aromatic rings.